The Hall–Kier alpha value is -5.03. The summed E-state index contributed by atoms with van der Waals surface area (Å²) in [7, 11) is 0. The Bertz CT molecular complexity index is 1710. The number of aryl methyl sites for hydroxylation is 1. The number of carbonyl (C=O) groups excluding carboxylic acids is 3. The van der Waals surface area contributed by atoms with E-state index in [1.165, 1.54) is 17.9 Å². The first-order valence-electron chi connectivity index (χ1n) is 14.5. The maximum absolute atomic E-state index is 13.5. The van der Waals surface area contributed by atoms with Crippen LogP contribution in [-0.2, 0) is 21.9 Å². The average molecular weight is 707 g/mol. The molecular weight excluding hydrogens is 679 g/mol. The molecule has 0 radical (unpaired) electrons. The monoisotopic (exact) mass is 706 g/mol. The molecule has 3 amide bonds. The predicted molar refractivity (Wildman–Crippen MR) is 154 cm³/mol. The van der Waals surface area contributed by atoms with E-state index in [9.17, 15) is 53.9 Å². The van der Waals surface area contributed by atoms with Crippen molar-refractivity contribution in [3.63, 3.8) is 0 Å². The Kier molecular flexibility index (Phi) is 10.4. The highest BCUT2D eigenvalue weighted by Crippen LogP contribution is 2.39. The van der Waals surface area contributed by atoms with E-state index in [0.29, 0.717) is 12.1 Å². The number of amides is 3. The van der Waals surface area contributed by atoms with Gasteiger partial charge in [-0.3, -0.25) is 14.4 Å². The van der Waals surface area contributed by atoms with Crippen LogP contribution >= 0.6 is 0 Å². The molecule has 1 atom stereocenters. The zero-order valence-electron chi connectivity index (χ0n) is 25.8. The van der Waals surface area contributed by atoms with Crippen LogP contribution in [0.2, 0.25) is 0 Å². The van der Waals surface area contributed by atoms with Crippen LogP contribution in [0.15, 0.2) is 48.7 Å². The molecule has 9 nitrogen and oxygen atoms in total. The SMILES string of the molecule is CC.Cc1cc(OC(F)(F)F)ccc1OCC(=O)N1CCN2C(=O)c3cc(-c4cc(C(F)(F)F)cc(C(F)(F)F)c4)cnc3NC(=O)C2C1. The smallest absolute Gasteiger partial charge is 0.483 e. The third-order valence-electron chi connectivity index (χ3n) is 7.31. The molecular formula is C31H27F9N4O5. The number of fused-ring (bicyclic) bond motifs is 2. The fourth-order valence-corrected chi connectivity index (χ4v) is 5.05. The van der Waals surface area contributed by atoms with Crippen molar-refractivity contribution in [2.24, 2.45) is 0 Å². The van der Waals surface area contributed by atoms with Crippen LogP contribution in [0, 0.1) is 6.92 Å². The molecule has 3 aromatic rings. The Morgan fingerprint density at radius 1 is 0.898 bits per heavy atom. The van der Waals surface area contributed by atoms with E-state index in [4.69, 9.17) is 4.74 Å². The van der Waals surface area contributed by atoms with E-state index < -0.39 is 71.5 Å². The number of hydrogen-bond donors (Lipinski definition) is 1. The second-order valence-corrected chi connectivity index (χ2v) is 10.5. The molecule has 0 saturated carbocycles. The van der Waals surface area contributed by atoms with E-state index in [1.54, 1.807) is 0 Å². The van der Waals surface area contributed by atoms with Gasteiger partial charge in [-0.2, -0.15) is 26.3 Å². The lowest BCUT2D eigenvalue weighted by Crippen LogP contribution is -2.60. The van der Waals surface area contributed by atoms with Gasteiger partial charge in [-0.05, 0) is 60.5 Å². The number of nitrogens with one attached hydrogen (secondary N) is 1. The van der Waals surface area contributed by atoms with Crippen LogP contribution in [0.5, 0.6) is 11.5 Å². The summed E-state index contributed by atoms with van der Waals surface area (Å²) in [6.45, 7) is 4.30. The molecule has 2 aliphatic rings. The maximum Gasteiger partial charge on any atom is 0.573 e. The number of nitrogens with zero attached hydrogens (tertiary/aromatic N) is 3. The summed E-state index contributed by atoms with van der Waals surface area (Å²) in [5, 5.41) is 2.41. The molecule has 1 N–H and O–H groups in total. The summed E-state index contributed by atoms with van der Waals surface area (Å²) in [5.41, 5.74) is -3.95. The summed E-state index contributed by atoms with van der Waals surface area (Å²) in [6.07, 6.45) is -14.2. The number of pyridine rings is 1. The lowest BCUT2D eigenvalue weighted by atomic mass is 9.99. The number of halogens is 9. The number of hydrogen-bond acceptors (Lipinski definition) is 6. The highest BCUT2D eigenvalue weighted by atomic mass is 19.4. The van der Waals surface area contributed by atoms with E-state index in [0.717, 1.165) is 29.3 Å². The first-order valence-corrected chi connectivity index (χ1v) is 14.5. The molecule has 0 aliphatic carbocycles. The normalized spacial score (nSPS) is 16.4. The van der Waals surface area contributed by atoms with Crippen molar-refractivity contribution in [2.45, 2.75) is 45.5 Å². The first kappa shape index (κ1) is 36.8. The van der Waals surface area contributed by atoms with Crippen molar-refractivity contribution >= 4 is 23.5 Å². The quantitative estimate of drug-likeness (QED) is 0.297. The number of alkyl halides is 9. The van der Waals surface area contributed by atoms with Crippen molar-refractivity contribution in [1.29, 1.82) is 0 Å². The summed E-state index contributed by atoms with van der Waals surface area (Å²) in [4.78, 5) is 45.8. The molecule has 1 aromatic heterocycles. The summed E-state index contributed by atoms with van der Waals surface area (Å²) < 4.78 is 127. The lowest BCUT2D eigenvalue weighted by molar-refractivity contribution is -0.274. The molecule has 1 unspecified atom stereocenters. The Morgan fingerprint density at radius 3 is 2.10 bits per heavy atom. The van der Waals surface area contributed by atoms with Crippen molar-refractivity contribution < 1.29 is 63.4 Å². The van der Waals surface area contributed by atoms with Gasteiger partial charge in [0.15, 0.2) is 6.61 Å². The van der Waals surface area contributed by atoms with Gasteiger partial charge in [0.05, 0.1) is 23.2 Å². The molecule has 49 heavy (non-hydrogen) atoms. The number of carbonyl (C=O) groups is 3. The van der Waals surface area contributed by atoms with Crippen molar-refractivity contribution in [3.8, 4) is 22.6 Å². The van der Waals surface area contributed by atoms with Crippen molar-refractivity contribution in [3.05, 3.63) is 70.9 Å². The highest BCUT2D eigenvalue weighted by molar-refractivity contribution is 6.10. The number of piperazine rings is 1. The van der Waals surface area contributed by atoms with Gasteiger partial charge in [0.25, 0.3) is 11.8 Å². The fraction of sp³-hybridized carbons (Fsp3) is 0.355. The zero-order valence-corrected chi connectivity index (χ0v) is 25.8. The van der Waals surface area contributed by atoms with Gasteiger partial charge in [-0.15, -0.1) is 13.2 Å². The van der Waals surface area contributed by atoms with Gasteiger partial charge in [0, 0.05) is 24.8 Å². The zero-order chi connectivity index (χ0) is 36.5. The van der Waals surface area contributed by atoms with E-state index in [-0.39, 0.29) is 54.0 Å². The van der Waals surface area contributed by atoms with E-state index in [1.807, 2.05) is 13.8 Å². The number of rotatable bonds is 5. The minimum Gasteiger partial charge on any atom is -0.483 e. The number of anilines is 1. The first-order chi connectivity index (χ1) is 22.8. The molecule has 5 rings (SSSR count). The molecule has 1 saturated heterocycles. The summed E-state index contributed by atoms with van der Waals surface area (Å²) >= 11 is 0. The fourth-order valence-electron chi connectivity index (χ4n) is 5.05. The third-order valence-corrected chi connectivity index (χ3v) is 7.31. The van der Waals surface area contributed by atoms with Crippen molar-refractivity contribution in [2.75, 3.05) is 31.6 Å². The molecule has 1 fully saturated rings. The lowest BCUT2D eigenvalue weighted by Gasteiger charge is -2.39. The van der Waals surface area contributed by atoms with E-state index >= 15 is 0 Å². The van der Waals surface area contributed by atoms with Gasteiger partial charge in [-0.25, -0.2) is 4.98 Å². The second kappa shape index (κ2) is 13.8. The predicted octanol–water partition coefficient (Wildman–Crippen LogP) is 6.70. The van der Waals surface area contributed by atoms with E-state index in [2.05, 4.69) is 15.0 Å². The van der Waals surface area contributed by atoms with Crippen LogP contribution in [0.4, 0.5) is 45.3 Å². The number of aromatic nitrogens is 1. The molecule has 0 bridgehead atoms. The van der Waals surface area contributed by atoms with Gasteiger partial charge in [0.1, 0.15) is 23.4 Å². The minimum atomic E-state index is -5.11. The topological polar surface area (TPSA) is 101 Å². The van der Waals surface area contributed by atoms with Gasteiger partial charge in [-0.1, -0.05) is 13.8 Å². The maximum atomic E-state index is 13.5. The average Bonchev–Trinajstić information content (AvgIpc) is 3.12. The minimum absolute atomic E-state index is 0.0352. The van der Waals surface area contributed by atoms with Crippen molar-refractivity contribution in [1.82, 2.24) is 14.8 Å². The largest absolute Gasteiger partial charge is 0.573 e. The molecule has 264 valence electrons. The Labute approximate surface area is 272 Å². The molecule has 2 aromatic carbocycles. The molecule has 0 spiro atoms. The number of benzene rings is 2. The molecule has 18 heteroatoms. The Balaban J connectivity index is 0.00000265. The van der Waals surface area contributed by atoms with Gasteiger partial charge in [0.2, 0.25) is 5.91 Å². The van der Waals surface area contributed by atoms with Crippen LogP contribution < -0.4 is 14.8 Å². The Morgan fingerprint density at radius 2 is 1.53 bits per heavy atom. The van der Waals surface area contributed by atoms with Crippen LogP contribution in [0.25, 0.3) is 11.1 Å². The third kappa shape index (κ3) is 8.53. The number of ether oxygens (including phenoxy) is 2. The molecule has 3 heterocycles. The second-order valence-electron chi connectivity index (χ2n) is 10.5. The van der Waals surface area contributed by atoms with Gasteiger partial charge < -0.3 is 24.6 Å². The van der Waals surface area contributed by atoms with Crippen LogP contribution in [0.1, 0.15) is 40.9 Å². The van der Waals surface area contributed by atoms with Gasteiger partial charge >= 0.3 is 18.7 Å². The molecule has 2 aliphatic heterocycles. The standard InChI is InChI=1S/C29H21F9N4O5.C2H6/c1-14-6-19(47-29(36,37)38)2-3-22(14)46-13-23(43)41-4-5-42-21(12-41)25(44)40-24-20(26(42)45)9-16(11-39-24)15-7-17(27(30,31)32)10-18(8-15)28(33,34)35;1-2/h2-3,6-11,21H,4-5,12-13H2,1H3,(H,39,40,44);1-2H3. The summed E-state index contributed by atoms with van der Waals surface area (Å²) in [6, 6.07) is 3.96. The highest BCUT2D eigenvalue weighted by Gasteiger charge is 2.42. The summed E-state index contributed by atoms with van der Waals surface area (Å²) in [5.74, 6) is -2.86. The van der Waals surface area contributed by atoms with Crippen LogP contribution in [0.3, 0.4) is 0 Å². The van der Waals surface area contributed by atoms with Crippen LogP contribution in [-0.4, -0.2) is 71.2 Å².